The van der Waals surface area contributed by atoms with Gasteiger partial charge >= 0.3 is 0 Å². The second kappa shape index (κ2) is 4.73. The zero-order chi connectivity index (χ0) is 12.4. The normalized spacial score (nSPS) is 24.7. The van der Waals surface area contributed by atoms with Gasteiger partial charge in [-0.2, -0.15) is 0 Å². The number of nitrogens with one attached hydrogen (secondary N) is 1. The summed E-state index contributed by atoms with van der Waals surface area (Å²) >= 11 is 0. The maximum Gasteiger partial charge on any atom is 0.141 e. The number of rotatable bonds is 2. The van der Waals surface area contributed by atoms with E-state index in [1.165, 1.54) is 12.8 Å². The lowest BCUT2D eigenvalue weighted by molar-refractivity contribution is 0.390. The summed E-state index contributed by atoms with van der Waals surface area (Å²) in [6.45, 7) is 5.63. The van der Waals surface area contributed by atoms with Gasteiger partial charge in [0.15, 0.2) is 0 Å². The first-order valence-electron chi connectivity index (χ1n) is 6.15. The van der Waals surface area contributed by atoms with Gasteiger partial charge in [-0.1, -0.05) is 6.92 Å². The molecule has 17 heavy (non-hydrogen) atoms. The van der Waals surface area contributed by atoms with Crippen LogP contribution in [-0.2, 0) is 0 Å². The van der Waals surface area contributed by atoms with E-state index in [2.05, 4.69) is 23.7 Å². The van der Waals surface area contributed by atoms with Crippen LogP contribution in [0.15, 0.2) is 18.3 Å². The highest BCUT2D eigenvalue weighted by atomic mass is 15.2. The zero-order valence-electron chi connectivity index (χ0n) is 10.5. The van der Waals surface area contributed by atoms with Gasteiger partial charge in [-0.3, -0.25) is 10.4 Å². The first-order chi connectivity index (χ1) is 8.08. The van der Waals surface area contributed by atoms with Gasteiger partial charge in [-0.05, 0) is 37.8 Å². The van der Waals surface area contributed by atoms with Crippen LogP contribution < -0.4 is 10.6 Å². The highest BCUT2D eigenvalue weighted by Gasteiger charge is 2.23. The number of nitrogens with two attached hydrogens (primary N) is 1. The summed E-state index contributed by atoms with van der Waals surface area (Å²) in [7, 11) is 0. The van der Waals surface area contributed by atoms with Crippen LogP contribution in [0.3, 0.4) is 0 Å². The van der Waals surface area contributed by atoms with Crippen LogP contribution >= 0.6 is 0 Å². The number of nitrogen functional groups attached to an aromatic ring is 1. The molecule has 4 nitrogen and oxygen atoms in total. The van der Waals surface area contributed by atoms with E-state index in [1.807, 2.05) is 18.3 Å². The molecule has 0 bridgehead atoms. The maximum absolute atomic E-state index is 7.32. The third-order valence-electron chi connectivity index (χ3n) is 3.47. The van der Waals surface area contributed by atoms with E-state index in [9.17, 15) is 0 Å². The predicted molar refractivity (Wildman–Crippen MR) is 70.5 cm³/mol. The number of amidine groups is 1. The molecule has 4 heteroatoms. The Balaban J connectivity index is 2.18. The van der Waals surface area contributed by atoms with Crippen molar-refractivity contribution < 1.29 is 0 Å². The van der Waals surface area contributed by atoms with E-state index >= 15 is 0 Å². The molecule has 1 fully saturated rings. The van der Waals surface area contributed by atoms with Crippen molar-refractivity contribution in [3.05, 3.63) is 24.0 Å². The molecule has 2 heterocycles. The molecule has 0 radical (unpaired) electrons. The van der Waals surface area contributed by atoms with Crippen molar-refractivity contribution in [3.8, 4) is 0 Å². The maximum atomic E-state index is 7.32. The smallest absolute Gasteiger partial charge is 0.141 e. The lowest BCUT2D eigenvalue weighted by atomic mass is 9.94. The van der Waals surface area contributed by atoms with Crippen molar-refractivity contribution >= 4 is 11.5 Å². The summed E-state index contributed by atoms with van der Waals surface area (Å²) in [5, 5.41) is 7.32. The van der Waals surface area contributed by atoms with Crippen LogP contribution in [-0.4, -0.2) is 23.4 Å². The molecule has 0 spiro atoms. The minimum atomic E-state index is 0.0246. The van der Waals surface area contributed by atoms with E-state index in [0.29, 0.717) is 11.7 Å². The fraction of sp³-hybridized carbons (Fsp3) is 0.538. The molecular formula is C13H20N4. The number of pyridine rings is 1. The van der Waals surface area contributed by atoms with Gasteiger partial charge in [-0.15, -0.1) is 0 Å². The molecule has 1 aliphatic heterocycles. The van der Waals surface area contributed by atoms with Crippen molar-refractivity contribution in [2.24, 2.45) is 11.7 Å². The van der Waals surface area contributed by atoms with Crippen LogP contribution in [0.25, 0.3) is 0 Å². The van der Waals surface area contributed by atoms with Gasteiger partial charge in [0, 0.05) is 12.6 Å². The van der Waals surface area contributed by atoms with Gasteiger partial charge in [0.1, 0.15) is 11.5 Å². The Morgan fingerprint density at radius 1 is 1.41 bits per heavy atom. The van der Waals surface area contributed by atoms with E-state index < -0.39 is 0 Å². The average Bonchev–Trinajstić information content (AvgIpc) is 2.32. The summed E-state index contributed by atoms with van der Waals surface area (Å²) in [4.78, 5) is 6.62. The molecule has 1 saturated heterocycles. The molecule has 1 aromatic rings. The van der Waals surface area contributed by atoms with Crippen LogP contribution in [0.1, 0.15) is 32.4 Å². The first-order valence-corrected chi connectivity index (χ1v) is 6.15. The van der Waals surface area contributed by atoms with Gasteiger partial charge in [0.25, 0.3) is 0 Å². The molecule has 0 aromatic carbocycles. The van der Waals surface area contributed by atoms with Gasteiger partial charge < -0.3 is 10.6 Å². The highest BCUT2D eigenvalue weighted by molar-refractivity contribution is 5.93. The predicted octanol–water partition coefficient (Wildman–Crippen LogP) is 1.99. The molecule has 0 aliphatic carbocycles. The van der Waals surface area contributed by atoms with Crippen LogP contribution in [0, 0.1) is 11.3 Å². The monoisotopic (exact) mass is 232 g/mol. The number of nitrogens with zero attached hydrogens (tertiary/aromatic N) is 2. The number of anilines is 1. The lowest BCUT2D eigenvalue weighted by Gasteiger charge is -2.38. The molecule has 2 unspecified atom stereocenters. The van der Waals surface area contributed by atoms with Crippen molar-refractivity contribution in [2.45, 2.75) is 32.7 Å². The van der Waals surface area contributed by atoms with Crippen molar-refractivity contribution in [2.75, 3.05) is 11.4 Å². The highest BCUT2D eigenvalue weighted by Crippen LogP contribution is 2.26. The fourth-order valence-corrected chi connectivity index (χ4v) is 2.36. The molecule has 2 atom stereocenters. The molecular weight excluding hydrogens is 212 g/mol. The second-order valence-corrected chi connectivity index (χ2v) is 5.00. The Bertz CT molecular complexity index is 398. The molecule has 1 aliphatic rings. The van der Waals surface area contributed by atoms with E-state index in [4.69, 9.17) is 11.1 Å². The summed E-state index contributed by atoms with van der Waals surface area (Å²) in [5.74, 6) is 0.760. The Hall–Kier alpha value is -1.58. The fourth-order valence-electron chi connectivity index (χ4n) is 2.36. The number of piperidine rings is 1. The standard InChI is InChI=1S/C13H20N4/c1-9-3-4-10(2)17(8-9)11-5-6-12(13(14)15)16-7-11/h5-7,9-10H,3-4,8H2,1-2H3,(H3,14,15). The minimum Gasteiger partial charge on any atom is -0.382 e. The Kier molecular flexibility index (Phi) is 3.31. The SMILES string of the molecule is CC1CCC(C)N(c2ccc(C(=N)N)nc2)C1. The van der Waals surface area contributed by atoms with E-state index in [1.54, 1.807) is 0 Å². The molecule has 1 aromatic heterocycles. The van der Waals surface area contributed by atoms with Crippen molar-refractivity contribution in [3.63, 3.8) is 0 Å². The first kappa shape index (κ1) is 11.9. The Labute approximate surface area is 102 Å². The van der Waals surface area contributed by atoms with Crippen molar-refractivity contribution in [1.29, 1.82) is 5.41 Å². The Morgan fingerprint density at radius 2 is 2.18 bits per heavy atom. The van der Waals surface area contributed by atoms with Gasteiger partial charge in [-0.25, -0.2) is 0 Å². The average molecular weight is 232 g/mol. The van der Waals surface area contributed by atoms with Crippen molar-refractivity contribution in [1.82, 2.24) is 4.98 Å². The summed E-state index contributed by atoms with van der Waals surface area (Å²) < 4.78 is 0. The largest absolute Gasteiger partial charge is 0.382 e. The third-order valence-corrected chi connectivity index (χ3v) is 3.47. The third kappa shape index (κ3) is 2.57. The summed E-state index contributed by atoms with van der Waals surface area (Å²) in [6.07, 6.45) is 4.36. The summed E-state index contributed by atoms with van der Waals surface area (Å²) in [5.41, 5.74) is 7.08. The van der Waals surface area contributed by atoms with Gasteiger partial charge in [0.05, 0.1) is 11.9 Å². The second-order valence-electron chi connectivity index (χ2n) is 5.00. The minimum absolute atomic E-state index is 0.0246. The van der Waals surface area contributed by atoms with E-state index in [-0.39, 0.29) is 5.84 Å². The summed E-state index contributed by atoms with van der Waals surface area (Å²) in [6, 6.07) is 4.40. The topological polar surface area (TPSA) is 66.0 Å². The molecule has 0 saturated carbocycles. The van der Waals surface area contributed by atoms with E-state index in [0.717, 1.165) is 18.2 Å². The Morgan fingerprint density at radius 3 is 2.76 bits per heavy atom. The molecule has 3 N–H and O–H groups in total. The van der Waals surface area contributed by atoms with Gasteiger partial charge in [0.2, 0.25) is 0 Å². The van der Waals surface area contributed by atoms with Crippen LogP contribution in [0.4, 0.5) is 5.69 Å². The lowest BCUT2D eigenvalue weighted by Crippen LogP contribution is -2.41. The molecule has 0 amide bonds. The molecule has 92 valence electrons. The number of aromatic nitrogens is 1. The number of hydrogen-bond donors (Lipinski definition) is 2. The quantitative estimate of drug-likeness (QED) is 0.605. The zero-order valence-corrected chi connectivity index (χ0v) is 10.5. The van der Waals surface area contributed by atoms with Crippen LogP contribution in [0.5, 0.6) is 0 Å². The van der Waals surface area contributed by atoms with Crippen LogP contribution in [0.2, 0.25) is 0 Å². The molecule has 2 rings (SSSR count). The number of hydrogen-bond acceptors (Lipinski definition) is 3.